The molecule has 0 fully saturated rings. The average molecular weight is 831 g/mol. The molecular formula is C63H46N2. The topological polar surface area (TPSA) is 8.17 Å². The van der Waals surface area contributed by atoms with Crippen LogP contribution in [0.15, 0.2) is 243 Å². The Labute approximate surface area is 381 Å². The molecule has 1 aliphatic rings. The first-order valence-electron chi connectivity index (χ1n) is 22.6. The van der Waals surface area contributed by atoms with Gasteiger partial charge in [0, 0.05) is 38.8 Å². The van der Waals surface area contributed by atoms with Gasteiger partial charge in [0.25, 0.3) is 0 Å². The summed E-state index contributed by atoms with van der Waals surface area (Å²) in [5, 5.41) is 2.53. The van der Waals surface area contributed by atoms with Gasteiger partial charge >= 0.3 is 0 Å². The van der Waals surface area contributed by atoms with Gasteiger partial charge in [-0.3, -0.25) is 0 Å². The van der Waals surface area contributed by atoms with Gasteiger partial charge in [0.05, 0.1) is 16.7 Å². The molecule has 0 spiro atoms. The molecule has 11 aromatic rings. The van der Waals surface area contributed by atoms with Crippen molar-refractivity contribution in [3.8, 4) is 61.3 Å². The van der Waals surface area contributed by atoms with Gasteiger partial charge in [0.1, 0.15) is 0 Å². The molecule has 0 bridgehead atoms. The van der Waals surface area contributed by atoms with E-state index < -0.39 is 0 Å². The summed E-state index contributed by atoms with van der Waals surface area (Å²) in [5.41, 5.74) is 21.9. The standard InChI is InChI=1S/C63H46N2/c1-63(2)58-23-10-6-20-54(58)55-40-35-49(42-59(55)63)46-33-38-51(39-34-46)64(52-18-14-17-48(41-52)43-15-4-3-5-16-43)50-36-31-45(32-37-50)44-27-29-47(30-28-44)53-19-7-11-24-60(53)65-61-25-12-8-21-56(61)57-22-9-13-26-62(57)65/h3-42H,1-2H3. The van der Waals surface area contributed by atoms with E-state index in [1.807, 2.05) is 0 Å². The predicted molar refractivity (Wildman–Crippen MR) is 275 cm³/mol. The zero-order chi connectivity index (χ0) is 43.5. The normalized spacial score (nSPS) is 12.6. The molecule has 1 aliphatic carbocycles. The third-order valence-corrected chi connectivity index (χ3v) is 13.6. The summed E-state index contributed by atoms with van der Waals surface area (Å²) < 4.78 is 2.41. The van der Waals surface area contributed by atoms with Crippen molar-refractivity contribution in [2.45, 2.75) is 19.3 Å². The number of benzene rings is 10. The highest BCUT2D eigenvalue weighted by Crippen LogP contribution is 2.50. The molecule has 1 aromatic heterocycles. The van der Waals surface area contributed by atoms with Crippen LogP contribution in [0, 0.1) is 0 Å². The fourth-order valence-electron chi connectivity index (χ4n) is 10.3. The van der Waals surface area contributed by atoms with Gasteiger partial charge in [0.2, 0.25) is 0 Å². The maximum atomic E-state index is 2.41. The van der Waals surface area contributed by atoms with Crippen LogP contribution in [-0.4, -0.2) is 4.57 Å². The van der Waals surface area contributed by atoms with E-state index in [-0.39, 0.29) is 5.41 Å². The van der Waals surface area contributed by atoms with E-state index in [0.29, 0.717) is 0 Å². The Morgan fingerprint density at radius 3 is 1.45 bits per heavy atom. The Kier molecular flexibility index (Phi) is 9.21. The van der Waals surface area contributed by atoms with Crippen LogP contribution in [0.2, 0.25) is 0 Å². The number of rotatable bonds is 8. The third-order valence-electron chi connectivity index (χ3n) is 13.6. The Balaban J connectivity index is 0.879. The molecule has 0 atom stereocenters. The monoisotopic (exact) mass is 830 g/mol. The van der Waals surface area contributed by atoms with Crippen LogP contribution in [0.3, 0.4) is 0 Å². The van der Waals surface area contributed by atoms with Gasteiger partial charge in [0.15, 0.2) is 0 Å². The minimum Gasteiger partial charge on any atom is -0.310 e. The molecule has 308 valence electrons. The fourth-order valence-corrected chi connectivity index (χ4v) is 10.3. The molecule has 65 heavy (non-hydrogen) atoms. The van der Waals surface area contributed by atoms with Crippen molar-refractivity contribution in [2.75, 3.05) is 4.90 Å². The quantitative estimate of drug-likeness (QED) is 0.148. The summed E-state index contributed by atoms with van der Waals surface area (Å²) in [5.74, 6) is 0. The molecule has 12 rings (SSSR count). The van der Waals surface area contributed by atoms with Crippen LogP contribution in [0.1, 0.15) is 25.0 Å². The third kappa shape index (κ3) is 6.57. The lowest BCUT2D eigenvalue weighted by Gasteiger charge is -2.26. The second kappa shape index (κ2) is 15.6. The van der Waals surface area contributed by atoms with Gasteiger partial charge in [-0.1, -0.05) is 196 Å². The lowest BCUT2D eigenvalue weighted by atomic mass is 9.81. The molecule has 0 aliphatic heterocycles. The minimum absolute atomic E-state index is 0.0452. The maximum absolute atomic E-state index is 2.41. The average Bonchev–Trinajstić information content (AvgIpc) is 3.83. The van der Waals surface area contributed by atoms with Crippen molar-refractivity contribution in [1.82, 2.24) is 4.57 Å². The molecular weight excluding hydrogens is 785 g/mol. The van der Waals surface area contributed by atoms with Gasteiger partial charge in [-0.05, 0) is 122 Å². The minimum atomic E-state index is -0.0452. The van der Waals surface area contributed by atoms with E-state index in [9.17, 15) is 0 Å². The molecule has 1 heterocycles. The lowest BCUT2D eigenvalue weighted by Crippen LogP contribution is -2.14. The fraction of sp³-hybridized carbons (Fsp3) is 0.0476. The van der Waals surface area contributed by atoms with Crippen molar-refractivity contribution >= 4 is 38.9 Å². The second-order valence-corrected chi connectivity index (χ2v) is 17.7. The van der Waals surface area contributed by atoms with E-state index in [4.69, 9.17) is 0 Å². The van der Waals surface area contributed by atoms with Crippen molar-refractivity contribution in [3.63, 3.8) is 0 Å². The number of hydrogen-bond acceptors (Lipinski definition) is 1. The summed E-state index contributed by atoms with van der Waals surface area (Å²) in [7, 11) is 0. The van der Waals surface area contributed by atoms with E-state index in [2.05, 4.69) is 266 Å². The highest BCUT2D eigenvalue weighted by molar-refractivity contribution is 6.09. The number of para-hydroxylation sites is 3. The maximum Gasteiger partial charge on any atom is 0.0541 e. The summed E-state index contributed by atoms with van der Waals surface area (Å²) in [6, 6.07) is 88.7. The Morgan fingerprint density at radius 1 is 0.308 bits per heavy atom. The Hall–Kier alpha value is -8.20. The number of fused-ring (bicyclic) bond motifs is 6. The molecule has 2 heteroatoms. The van der Waals surface area contributed by atoms with Crippen LogP contribution in [0.25, 0.3) is 83.1 Å². The molecule has 0 saturated carbocycles. The van der Waals surface area contributed by atoms with Crippen LogP contribution in [-0.2, 0) is 5.41 Å². The molecule has 10 aromatic carbocycles. The number of nitrogens with zero attached hydrogens (tertiary/aromatic N) is 2. The number of aromatic nitrogens is 1. The summed E-state index contributed by atoms with van der Waals surface area (Å²) in [6.07, 6.45) is 0. The van der Waals surface area contributed by atoms with Crippen LogP contribution >= 0.6 is 0 Å². The van der Waals surface area contributed by atoms with Crippen molar-refractivity contribution in [2.24, 2.45) is 0 Å². The summed E-state index contributed by atoms with van der Waals surface area (Å²) in [6.45, 7) is 4.70. The van der Waals surface area contributed by atoms with Crippen molar-refractivity contribution in [1.29, 1.82) is 0 Å². The van der Waals surface area contributed by atoms with E-state index in [1.165, 1.54) is 94.3 Å². The summed E-state index contributed by atoms with van der Waals surface area (Å²) in [4.78, 5) is 2.37. The molecule has 0 amide bonds. The second-order valence-electron chi connectivity index (χ2n) is 17.7. The predicted octanol–water partition coefficient (Wildman–Crippen LogP) is 17.2. The highest BCUT2D eigenvalue weighted by Gasteiger charge is 2.35. The number of anilines is 3. The molecule has 0 unspecified atom stereocenters. The van der Waals surface area contributed by atoms with Gasteiger partial charge in [-0.2, -0.15) is 0 Å². The molecule has 0 N–H and O–H groups in total. The van der Waals surface area contributed by atoms with E-state index in [1.54, 1.807) is 0 Å². The first-order valence-corrected chi connectivity index (χ1v) is 22.6. The van der Waals surface area contributed by atoms with Gasteiger partial charge < -0.3 is 9.47 Å². The van der Waals surface area contributed by atoms with Crippen LogP contribution in [0.4, 0.5) is 17.1 Å². The molecule has 2 nitrogen and oxygen atoms in total. The zero-order valence-electron chi connectivity index (χ0n) is 36.5. The van der Waals surface area contributed by atoms with Gasteiger partial charge in [-0.25, -0.2) is 0 Å². The first kappa shape index (κ1) is 38.5. The van der Waals surface area contributed by atoms with Crippen molar-refractivity contribution in [3.05, 3.63) is 254 Å². The Morgan fingerprint density at radius 2 is 0.769 bits per heavy atom. The number of hydrogen-bond donors (Lipinski definition) is 0. The Bertz CT molecular complexity index is 3490. The van der Waals surface area contributed by atoms with Crippen LogP contribution < -0.4 is 4.90 Å². The van der Waals surface area contributed by atoms with Crippen LogP contribution in [0.5, 0.6) is 0 Å². The SMILES string of the molecule is CC1(C)c2ccccc2-c2ccc(-c3ccc(N(c4ccc(-c5ccc(-c6ccccc6-n6c7ccccc7c7ccccc76)cc5)cc4)c4cccc(-c5ccccc5)c4)cc3)cc21. The largest absolute Gasteiger partial charge is 0.310 e. The van der Waals surface area contributed by atoms with Crippen molar-refractivity contribution < 1.29 is 0 Å². The summed E-state index contributed by atoms with van der Waals surface area (Å²) >= 11 is 0. The highest BCUT2D eigenvalue weighted by atomic mass is 15.1. The zero-order valence-corrected chi connectivity index (χ0v) is 36.5. The molecule has 0 saturated heterocycles. The molecule has 0 radical (unpaired) electrons. The first-order chi connectivity index (χ1) is 32.0. The lowest BCUT2D eigenvalue weighted by molar-refractivity contribution is 0.660. The van der Waals surface area contributed by atoms with E-state index in [0.717, 1.165) is 17.1 Å². The van der Waals surface area contributed by atoms with Gasteiger partial charge in [-0.15, -0.1) is 0 Å². The smallest absolute Gasteiger partial charge is 0.0541 e. The van der Waals surface area contributed by atoms with E-state index >= 15 is 0 Å².